The highest BCUT2D eigenvalue weighted by atomic mass is 19.4. The van der Waals surface area contributed by atoms with Crippen molar-refractivity contribution in [1.82, 2.24) is 9.97 Å². The van der Waals surface area contributed by atoms with Gasteiger partial charge in [0, 0.05) is 10.9 Å². The van der Waals surface area contributed by atoms with Gasteiger partial charge in [0.05, 0.1) is 14.2 Å². The van der Waals surface area contributed by atoms with Crippen molar-refractivity contribution < 1.29 is 27.1 Å². The summed E-state index contributed by atoms with van der Waals surface area (Å²) in [6, 6.07) is 5.42. The largest absolute Gasteiger partial charge is 0.495 e. The third-order valence-corrected chi connectivity index (χ3v) is 3.87. The summed E-state index contributed by atoms with van der Waals surface area (Å²) in [5.41, 5.74) is -0.00750. The Hall–Kier alpha value is -3.03. The Morgan fingerprint density at radius 3 is 2.46 bits per heavy atom. The second-order valence-corrected chi connectivity index (χ2v) is 5.46. The van der Waals surface area contributed by atoms with Gasteiger partial charge in [0.15, 0.2) is 0 Å². The molecule has 2 heterocycles. The van der Waals surface area contributed by atoms with E-state index in [1.165, 1.54) is 26.4 Å². The van der Waals surface area contributed by atoms with Gasteiger partial charge in [0.25, 0.3) is 0 Å². The molecule has 0 radical (unpaired) electrons. The highest BCUT2D eigenvalue weighted by Crippen LogP contribution is 2.37. The van der Waals surface area contributed by atoms with Crippen molar-refractivity contribution in [2.75, 3.05) is 14.2 Å². The van der Waals surface area contributed by atoms with Crippen molar-refractivity contribution in [3.05, 3.63) is 48.0 Å². The summed E-state index contributed by atoms with van der Waals surface area (Å²) >= 11 is 0. The SMILES string of the molecule is C=C(OC)c1nc(-c2ccc(OC)c3nc(C(F)(F)F)ccc23)oc1C. The van der Waals surface area contributed by atoms with Crippen molar-refractivity contribution >= 4 is 16.7 Å². The summed E-state index contributed by atoms with van der Waals surface area (Å²) < 4.78 is 54.9. The van der Waals surface area contributed by atoms with E-state index in [9.17, 15) is 13.2 Å². The predicted octanol–water partition coefficient (Wildman–Crippen LogP) is 4.84. The van der Waals surface area contributed by atoms with Crippen LogP contribution < -0.4 is 4.74 Å². The number of fused-ring (bicyclic) bond motifs is 1. The van der Waals surface area contributed by atoms with Crippen LogP contribution in [0.2, 0.25) is 0 Å². The van der Waals surface area contributed by atoms with Crippen LogP contribution in [-0.2, 0) is 10.9 Å². The fourth-order valence-corrected chi connectivity index (χ4v) is 2.57. The molecular formula is C18H15F3N2O3. The minimum atomic E-state index is -4.56. The molecule has 0 bridgehead atoms. The minimum absolute atomic E-state index is 0.0720. The Labute approximate surface area is 147 Å². The van der Waals surface area contributed by atoms with Crippen molar-refractivity contribution in [2.24, 2.45) is 0 Å². The number of aryl methyl sites for hydroxylation is 1. The van der Waals surface area contributed by atoms with Crippen molar-refractivity contribution in [3.8, 4) is 17.2 Å². The van der Waals surface area contributed by atoms with Crippen LogP contribution in [0.4, 0.5) is 13.2 Å². The second-order valence-electron chi connectivity index (χ2n) is 5.46. The van der Waals surface area contributed by atoms with Gasteiger partial charge in [0.1, 0.15) is 34.2 Å². The van der Waals surface area contributed by atoms with Crippen LogP contribution in [0.1, 0.15) is 17.1 Å². The molecule has 0 amide bonds. The number of methoxy groups -OCH3 is 2. The maximum atomic E-state index is 13.0. The molecule has 0 saturated heterocycles. The summed E-state index contributed by atoms with van der Waals surface area (Å²) in [6.07, 6.45) is -4.56. The Kier molecular flexibility index (Phi) is 4.35. The summed E-state index contributed by atoms with van der Waals surface area (Å²) in [6.45, 7) is 5.43. The lowest BCUT2D eigenvalue weighted by Gasteiger charge is -2.11. The van der Waals surface area contributed by atoms with E-state index >= 15 is 0 Å². The Morgan fingerprint density at radius 1 is 1.12 bits per heavy atom. The molecule has 0 saturated carbocycles. The zero-order valence-electron chi connectivity index (χ0n) is 14.3. The number of alkyl halides is 3. The third kappa shape index (κ3) is 2.98. The zero-order chi connectivity index (χ0) is 19.1. The fourth-order valence-electron chi connectivity index (χ4n) is 2.57. The molecule has 3 rings (SSSR count). The van der Waals surface area contributed by atoms with Gasteiger partial charge in [-0.3, -0.25) is 0 Å². The van der Waals surface area contributed by atoms with Crippen molar-refractivity contribution in [2.45, 2.75) is 13.1 Å². The van der Waals surface area contributed by atoms with E-state index < -0.39 is 11.9 Å². The highest BCUT2D eigenvalue weighted by molar-refractivity contribution is 5.96. The molecule has 5 nitrogen and oxygen atoms in total. The van der Waals surface area contributed by atoms with Gasteiger partial charge in [-0.2, -0.15) is 13.2 Å². The highest BCUT2D eigenvalue weighted by Gasteiger charge is 2.33. The molecule has 8 heteroatoms. The number of pyridine rings is 1. The van der Waals surface area contributed by atoms with E-state index in [4.69, 9.17) is 13.9 Å². The molecule has 0 N–H and O–H groups in total. The van der Waals surface area contributed by atoms with Gasteiger partial charge < -0.3 is 13.9 Å². The summed E-state index contributed by atoms with van der Waals surface area (Å²) in [5.74, 6) is 1.26. The number of oxazole rings is 1. The van der Waals surface area contributed by atoms with Crippen LogP contribution in [0.3, 0.4) is 0 Å². The molecule has 0 unspecified atom stereocenters. The summed E-state index contributed by atoms with van der Waals surface area (Å²) in [7, 11) is 2.83. The number of aromatic nitrogens is 2. The number of hydrogen-bond acceptors (Lipinski definition) is 5. The molecule has 1 aromatic carbocycles. The standard InChI is InChI=1S/C18H15F3N2O3/c1-9(24-3)15-10(2)26-17(23-15)12-5-7-13(25-4)16-11(12)6-8-14(22-16)18(19,20)21/h5-8H,1H2,2-4H3. The van der Waals surface area contributed by atoms with Gasteiger partial charge in [0.2, 0.25) is 5.89 Å². The molecule has 0 aliphatic heterocycles. The predicted molar refractivity (Wildman–Crippen MR) is 89.6 cm³/mol. The Morgan fingerprint density at radius 2 is 1.85 bits per heavy atom. The van der Waals surface area contributed by atoms with E-state index in [2.05, 4.69) is 16.5 Å². The average molecular weight is 364 g/mol. The van der Waals surface area contributed by atoms with Crippen LogP contribution in [0, 0.1) is 6.92 Å². The Bertz CT molecular complexity index is 993. The lowest BCUT2D eigenvalue weighted by molar-refractivity contribution is -0.140. The maximum Gasteiger partial charge on any atom is 0.433 e. The van der Waals surface area contributed by atoms with E-state index in [0.717, 1.165) is 6.07 Å². The first kappa shape index (κ1) is 17.8. The molecule has 0 aliphatic rings. The van der Waals surface area contributed by atoms with E-state index in [0.29, 0.717) is 28.2 Å². The third-order valence-electron chi connectivity index (χ3n) is 3.87. The van der Waals surface area contributed by atoms with Gasteiger partial charge in [-0.05, 0) is 31.2 Å². The number of ether oxygens (including phenoxy) is 2. The number of hydrogen-bond donors (Lipinski definition) is 0. The van der Waals surface area contributed by atoms with Crippen LogP contribution in [0.25, 0.3) is 28.1 Å². The lowest BCUT2D eigenvalue weighted by atomic mass is 10.1. The maximum absolute atomic E-state index is 13.0. The van der Waals surface area contributed by atoms with Crippen molar-refractivity contribution in [1.29, 1.82) is 0 Å². The van der Waals surface area contributed by atoms with Crippen LogP contribution in [0.15, 0.2) is 35.3 Å². The zero-order valence-corrected chi connectivity index (χ0v) is 14.3. The molecule has 2 aromatic heterocycles. The summed E-state index contributed by atoms with van der Waals surface area (Å²) in [4.78, 5) is 8.07. The normalized spacial score (nSPS) is 11.6. The molecule has 0 fully saturated rings. The molecule has 136 valence electrons. The first-order chi connectivity index (χ1) is 12.3. The van der Waals surface area contributed by atoms with Gasteiger partial charge in [-0.25, -0.2) is 9.97 Å². The number of nitrogens with zero attached hydrogens (tertiary/aromatic N) is 2. The molecule has 0 spiro atoms. The number of benzene rings is 1. The van der Waals surface area contributed by atoms with Crippen LogP contribution in [0.5, 0.6) is 5.75 Å². The van der Waals surface area contributed by atoms with Crippen molar-refractivity contribution in [3.63, 3.8) is 0 Å². The minimum Gasteiger partial charge on any atom is -0.495 e. The molecule has 26 heavy (non-hydrogen) atoms. The molecule has 0 atom stereocenters. The molecular weight excluding hydrogens is 349 g/mol. The van der Waals surface area contributed by atoms with Gasteiger partial charge >= 0.3 is 6.18 Å². The smallest absolute Gasteiger partial charge is 0.433 e. The molecule has 3 aromatic rings. The number of halogens is 3. The summed E-state index contributed by atoms with van der Waals surface area (Å²) in [5, 5.41) is 0.424. The fraction of sp³-hybridized carbons (Fsp3) is 0.222. The second kappa shape index (κ2) is 6.36. The number of rotatable bonds is 4. The van der Waals surface area contributed by atoms with E-state index in [-0.39, 0.29) is 17.2 Å². The average Bonchev–Trinajstić information content (AvgIpc) is 3.00. The topological polar surface area (TPSA) is 57.4 Å². The van der Waals surface area contributed by atoms with Crippen LogP contribution in [-0.4, -0.2) is 24.2 Å². The van der Waals surface area contributed by atoms with Gasteiger partial charge in [-0.1, -0.05) is 6.58 Å². The lowest BCUT2D eigenvalue weighted by Crippen LogP contribution is -2.08. The Balaban J connectivity index is 2.23. The van der Waals surface area contributed by atoms with E-state index in [1.807, 2.05) is 0 Å². The quantitative estimate of drug-likeness (QED) is 0.620. The van der Waals surface area contributed by atoms with Crippen LogP contribution >= 0.6 is 0 Å². The monoisotopic (exact) mass is 364 g/mol. The molecule has 0 aliphatic carbocycles. The van der Waals surface area contributed by atoms with E-state index in [1.54, 1.807) is 13.0 Å². The first-order valence-corrected chi connectivity index (χ1v) is 7.52. The van der Waals surface area contributed by atoms with Gasteiger partial charge in [-0.15, -0.1) is 0 Å². The first-order valence-electron chi connectivity index (χ1n) is 7.52.